The molecule has 0 nitrogen and oxygen atoms in total. The second-order valence-electron chi connectivity index (χ2n) is 10.4. The molecule has 0 aromatic heterocycles. The molecule has 0 rings (SSSR count). The maximum absolute atomic E-state index is 2.49. The van der Waals surface area contributed by atoms with Crippen LogP contribution < -0.4 is 0 Å². The first-order valence-corrected chi connectivity index (χ1v) is 14.2. The summed E-state index contributed by atoms with van der Waals surface area (Å²) in [5.41, 5.74) is 0. The molecule has 2 unspecified atom stereocenters. The van der Waals surface area contributed by atoms with Crippen molar-refractivity contribution in [2.24, 2.45) is 11.8 Å². The Morgan fingerprint density at radius 1 is 0.310 bits per heavy atom. The molecule has 0 aromatic carbocycles. The van der Waals surface area contributed by atoms with E-state index in [1.807, 2.05) is 0 Å². The Hall–Kier alpha value is 0. The van der Waals surface area contributed by atoms with Crippen LogP contribution in [-0.4, -0.2) is 0 Å². The van der Waals surface area contributed by atoms with Gasteiger partial charge in [-0.2, -0.15) is 0 Å². The molecule has 0 spiro atoms. The summed E-state index contributed by atoms with van der Waals surface area (Å²) in [5.74, 6) is 1.93. The van der Waals surface area contributed by atoms with Crippen LogP contribution in [0, 0.1) is 11.8 Å². The fourth-order valence-electron chi connectivity index (χ4n) is 4.70. The summed E-state index contributed by atoms with van der Waals surface area (Å²) < 4.78 is 0. The van der Waals surface area contributed by atoms with Gasteiger partial charge in [0, 0.05) is 0 Å². The van der Waals surface area contributed by atoms with Crippen molar-refractivity contribution in [1.29, 1.82) is 0 Å². The highest BCUT2D eigenvalue weighted by molar-refractivity contribution is 4.57. The quantitative estimate of drug-likeness (QED) is 0.139. The summed E-state index contributed by atoms with van der Waals surface area (Å²) in [6, 6.07) is 0. The summed E-state index contributed by atoms with van der Waals surface area (Å²) in [6.07, 6.45) is 33.7. The van der Waals surface area contributed by atoms with Crippen LogP contribution in [0.5, 0.6) is 0 Å². The van der Waals surface area contributed by atoms with Crippen molar-refractivity contribution in [3.8, 4) is 0 Å². The largest absolute Gasteiger partial charge is 0.0654 e. The maximum Gasteiger partial charge on any atom is -0.0443 e. The molecule has 0 radical (unpaired) electrons. The van der Waals surface area contributed by atoms with E-state index in [9.17, 15) is 0 Å². The predicted molar refractivity (Wildman–Crippen MR) is 136 cm³/mol. The van der Waals surface area contributed by atoms with Crippen molar-refractivity contribution in [1.82, 2.24) is 0 Å². The van der Waals surface area contributed by atoms with Gasteiger partial charge in [-0.3, -0.25) is 0 Å². The molecule has 176 valence electrons. The van der Waals surface area contributed by atoms with E-state index >= 15 is 0 Å². The van der Waals surface area contributed by atoms with Gasteiger partial charge in [-0.05, 0) is 11.8 Å². The Morgan fingerprint density at radius 3 is 0.793 bits per heavy atom. The minimum absolute atomic E-state index is 0.967. The molecule has 2 atom stereocenters. The molecule has 0 aliphatic rings. The number of hydrogen-bond donors (Lipinski definition) is 0. The topological polar surface area (TPSA) is 0 Å². The fraction of sp³-hybridized carbons (Fsp3) is 1.00. The van der Waals surface area contributed by atoms with Gasteiger partial charge in [0.2, 0.25) is 0 Å². The van der Waals surface area contributed by atoms with Crippen LogP contribution in [0.1, 0.15) is 175 Å². The van der Waals surface area contributed by atoms with Crippen LogP contribution in [0.4, 0.5) is 0 Å². The third-order valence-electron chi connectivity index (χ3n) is 6.99. The van der Waals surface area contributed by atoms with E-state index in [0.717, 1.165) is 11.8 Å². The van der Waals surface area contributed by atoms with E-state index < -0.39 is 0 Å². The zero-order valence-electron chi connectivity index (χ0n) is 21.4. The molecule has 0 amide bonds. The van der Waals surface area contributed by atoms with Gasteiger partial charge in [0.15, 0.2) is 0 Å². The summed E-state index contributed by atoms with van der Waals surface area (Å²) in [4.78, 5) is 0. The minimum Gasteiger partial charge on any atom is -0.0654 e. The maximum atomic E-state index is 2.49. The number of rotatable bonds is 24. The highest BCUT2D eigenvalue weighted by Crippen LogP contribution is 2.20. The average molecular weight is 409 g/mol. The highest BCUT2D eigenvalue weighted by atomic mass is 14.1. The smallest absolute Gasteiger partial charge is 0.0443 e. The van der Waals surface area contributed by atoms with Gasteiger partial charge < -0.3 is 0 Å². The van der Waals surface area contributed by atoms with Gasteiger partial charge in [0.1, 0.15) is 0 Å². The van der Waals surface area contributed by atoms with E-state index in [-0.39, 0.29) is 0 Å². The van der Waals surface area contributed by atoms with E-state index in [1.165, 1.54) is 148 Å². The molecule has 0 heteroatoms. The lowest BCUT2D eigenvalue weighted by atomic mass is 9.95. The van der Waals surface area contributed by atoms with Gasteiger partial charge in [-0.15, -0.1) is 0 Å². The summed E-state index contributed by atoms with van der Waals surface area (Å²) in [6.45, 7) is 9.58. The molecule has 0 N–H and O–H groups in total. The lowest BCUT2D eigenvalue weighted by Crippen LogP contribution is -1.96. The molecule has 0 aliphatic heterocycles. The average Bonchev–Trinajstić information content (AvgIpc) is 2.72. The number of unbranched alkanes of at least 4 members (excludes halogenated alkanes) is 16. The highest BCUT2D eigenvalue weighted by Gasteiger charge is 2.03. The molecular weight excluding hydrogens is 348 g/mol. The SMILES string of the molecule is CCCCCCCCCCC(C)CCCCCCCCCC(C)CCCCCC. The van der Waals surface area contributed by atoms with Gasteiger partial charge >= 0.3 is 0 Å². The molecular formula is C29H60. The molecule has 0 aliphatic carbocycles. The van der Waals surface area contributed by atoms with Crippen LogP contribution in [0.15, 0.2) is 0 Å². The van der Waals surface area contributed by atoms with Crippen LogP contribution in [0.3, 0.4) is 0 Å². The second-order valence-corrected chi connectivity index (χ2v) is 10.4. The van der Waals surface area contributed by atoms with E-state index in [0.29, 0.717) is 0 Å². The fourth-order valence-corrected chi connectivity index (χ4v) is 4.70. The van der Waals surface area contributed by atoms with E-state index in [2.05, 4.69) is 27.7 Å². The van der Waals surface area contributed by atoms with E-state index in [4.69, 9.17) is 0 Å². The molecule has 29 heavy (non-hydrogen) atoms. The summed E-state index contributed by atoms with van der Waals surface area (Å²) in [7, 11) is 0. The zero-order chi connectivity index (χ0) is 21.4. The van der Waals surface area contributed by atoms with Crippen molar-refractivity contribution in [2.45, 2.75) is 175 Å². The van der Waals surface area contributed by atoms with Gasteiger partial charge in [-0.1, -0.05) is 175 Å². The molecule has 0 bridgehead atoms. The second kappa shape index (κ2) is 24.3. The Balaban J connectivity index is 3.21. The predicted octanol–water partition coefficient (Wildman–Crippen LogP) is 11.3. The third-order valence-corrected chi connectivity index (χ3v) is 6.99. The van der Waals surface area contributed by atoms with Crippen LogP contribution in [-0.2, 0) is 0 Å². The Labute approximate surface area is 187 Å². The molecule has 0 aromatic rings. The van der Waals surface area contributed by atoms with Crippen molar-refractivity contribution in [3.05, 3.63) is 0 Å². The molecule has 0 saturated carbocycles. The van der Waals surface area contributed by atoms with Crippen LogP contribution in [0.2, 0.25) is 0 Å². The Kier molecular flexibility index (Phi) is 24.3. The summed E-state index contributed by atoms with van der Waals surface area (Å²) >= 11 is 0. The first-order valence-electron chi connectivity index (χ1n) is 14.2. The van der Waals surface area contributed by atoms with Gasteiger partial charge in [0.05, 0.1) is 0 Å². The summed E-state index contributed by atoms with van der Waals surface area (Å²) in [5, 5.41) is 0. The first kappa shape index (κ1) is 29.0. The first-order chi connectivity index (χ1) is 14.2. The lowest BCUT2D eigenvalue weighted by Gasteiger charge is -2.11. The van der Waals surface area contributed by atoms with Gasteiger partial charge in [-0.25, -0.2) is 0 Å². The van der Waals surface area contributed by atoms with Crippen LogP contribution in [0.25, 0.3) is 0 Å². The Morgan fingerprint density at radius 2 is 0.517 bits per heavy atom. The monoisotopic (exact) mass is 408 g/mol. The van der Waals surface area contributed by atoms with Crippen molar-refractivity contribution < 1.29 is 0 Å². The van der Waals surface area contributed by atoms with Crippen molar-refractivity contribution in [3.63, 3.8) is 0 Å². The van der Waals surface area contributed by atoms with Crippen molar-refractivity contribution >= 4 is 0 Å². The molecule has 0 heterocycles. The third kappa shape index (κ3) is 24.1. The van der Waals surface area contributed by atoms with Crippen molar-refractivity contribution in [2.75, 3.05) is 0 Å². The Bertz CT molecular complexity index is 282. The molecule has 0 saturated heterocycles. The normalized spacial score (nSPS) is 13.7. The standard InChI is InChI=1S/C29H60/c1-5-7-9-11-12-14-17-21-26-29(4)27-23-19-16-13-15-18-22-25-28(3)24-20-10-8-6-2/h28-29H,5-27H2,1-4H3. The minimum atomic E-state index is 0.967. The number of hydrogen-bond acceptors (Lipinski definition) is 0. The molecule has 0 fully saturated rings. The lowest BCUT2D eigenvalue weighted by molar-refractivity contribution is 0.423. The van der Waals surface area contributed by atoms with Gasteiger partial charge in [0.25, 0.3) is 0 Å². The van der Waals surface area contributed by atoms with E-state index in [1.54, 1.807) is 0 Å². The zero-order valence-corrected chi connectivity index (χ0v) is 21.4. The van der Waals surface area contributed by atoms with Crippen LogP contribution >= 0.6 is 0 Å².